The Morgan fingerprint density at radius 2 is 1.35 bits per heavy atom. The average molecular weight is 290 g/mol. The Kier molecular flexibility index (Phi) is 7.08. The van der Waals surface area contributed by atoms with Gasteiger partial charge in [0.05, 0.1) is 0 Å². The molecule has 2 saturated carbocycles. The molecule has 0 aromatic heterocycles. The molecule has 0 aromatic rings. The summed E-state index contributed by atoms with van der Waals surface area (Å²) in [4.78, 5) is 0. The first-order valence-electron chi connectivity index (χ1n) is 8.57. The number of hydrogen-bond donors (Lipinski definition) is 0. The van der Waals surface area contributed by atoms with Crippen LogP contribution in [0.4, 0.5) is 0 Å². The lowest BCUT2D eigenvalue weighted by Crippen LogP contribution is -2.20. The van der Waals surface area contributed by atoms with E-state index in [1.807, 2.05) is 6.08 Å². The van der Waals surface area contributed by atoms with Gasteiger partial charge in [0.15, 0.2) is 0 Å². The zero-order valence-corrected chi connectivity index (χ0v) is 14.1. The lowest BCUT2D eigenvalue weighted by atomic mass is 9.99. The van der Waals surface area contributed by atoms with Gasteiger partial charge in [0.1, 0.15) is 0 Å². The molecule has 1 heteroatoms. The maximum atomic E-state index is 3.77. The van der Waals surface area contributed by atoms with Gasteiger partial charge in [-0.2, -0.15) is 0 Å². The molecule has 2 rings (SSSR count). The Morgan fingerprint density at radius 3 is 1.80 bits per heavy atom. The number of allylic oxidation sites excluding steroid dienone is 5. The molecule has 2 aliphatic rings. The van der Waals surface area contributed by atoms with Crippen LogP contribution in [0.3, 0.4) is 0 Å². The van der Waals surface area contributed by atoms with Crippen LogP contribution in [-0.4, -0.2) is 11.3 Å². The molecule has 0 aliphatic heterocycles. The fourth-order valence-electron chi connectivity index (χ4n) is 3.95. The van der Waals surface area contributed by atoms with Gasteiger partial charge in [-0.1, -0.05) is 77.3 Å². The second-order valence-electron chi connectivity index (χ2n) is 6.42. The largest absolute Gasteiger partial charge is 0.0991 e. The van der Waals surface area contributed by atoms with Crippen molar-refractivity contribution in [3.63, 3.8) is 0 Å². The first-order chi connectivity index (χ1) is 9.83. The van der Waals surface area contributed by atoms with Crippen LogP contribution in [0.15, 0.2) is 36.2 Å². The van der Waals surface area contributed by atoms with Gasteiger partial charge in [0.25, 0.3) is 0 Å². The summed E-state index contributed by atoms with van der Waals surface area (Å²) in [7, 11) is 0.101. The molecule has 0 heterocycles. The van der Waals surface area contributed by atoms with E-state index in [0.717, 1.165) is 11.3 Å². The Morgan fingerprint density at radius 1 is 0.850 bits per heavy atom. The molecule has 0 nitrogen and oxygen atoms in total. The van der Waals surface area contributed by atoms with E-state index in [2.05, 4.69) is 31.7 Å². The van der Waals surface area contributed by atoms with Crippen LogP contribution in [0.25, 0.3) is 0 Å². The summed E-state index contributed by atoms with van der Waals surface area (Å²) in [5, 5.41) is 1.69. The van der Waals surface area contributed by atoms with Gasteiger partial charge < -0.3 is 0 Å². The lowest BCUT2D eigenvalue weighted by Gasteiger charge is -2.39. The zero-order valence-electron chi connectivity index (χ0n) is 13.2. The second kappa shape index (κ2) is 8.83. The van der Waals surface area contributed by atoms with Crippen molar-refractivity contribution in [2.75, 3.05) is 0 Å². The average Bonchev–Trinajstić information content (AvgIpc) is 2.50. The Hall–Kier alpha value is -0.350. The van der Waals surface area contributed by atoms with Gasteiger partial charge in [-0.3, -0.25) is 0 Å². The van der Waals surface area contributed by atoms with E-state index in [0.29, 0.717) is 0 Å². The van der Waals surface area contributed by atoms with Crippen LogP contribution >= 0.6 is 7.92 Å². The molecule has 2 fully saturated rings. The van der Waals surface area contributed by atoms with E-state index in [1.54, 1.807) is 5.31 Å². The summed E-state index contributed by atoms with van der Waals surface area (Å²) in [5.41, 5.74) is 2.05. The lowest BCUT2D eigenvalue weighted by molar-refractivity contribution is 0.486. The van der Waals surface area contributed by atoms with E-state index in [-0.39, 0.29) is 7.92 Å². The molecule has 0 saturated heterocycles. The smallest absolute Gasteiger partial charge is 0.0170 e. The standard InChI is InChI=1S/C19H31P/c1-3-4-7-12-17(2)20(18-13-8-5-9-14-18)19-15-10-6-11-16-19/h3-4,7,12,18-19H,1,5-6,8-11,13-16H2,2H3/b7-4-,17-12+. The van der Waals surface area contributed by atoms with E-state index in [4.69, 9.17) is 0 Å². The predicted octanol–water partition coefficient (Wildman–Crippen LogP) is 6.78. The molecule has 112 valence electrons. The SMILES string of the molecule is C=C/C=C\C=C(/C)P(C1CCCCC1)C1CCCCC1. The summed E-state index contributed by atoms with van der Waals surface area (Å²) in [6, 6.07) is 0. The zero-order chi connectivity index (χ0) is 14.2. The topological polar surface area (TPSA) is 0 Å². The van der Waals surface area contributed by atoms with Gasteiger partial charge in [0.2, 0.25) is 0 Å². The van der Waals surface area contributed by atoms with Crippen molar-refractivity contribution in [1.29, 1.82) is 0 Å². The Balaban J connectivity index is 2.10. The minimum atomic E-state index is 0.101. The predicted molar refractivity (Wildman–Crippen MR) is 93.8 cm³/mol. The third kappa shape index (κ3) is 4.59. The minimum absolute atomic E-state index is 0.101. The molecule has 0 atom stereocenters. The Labute approximate surface area is 127 Å². The molecule has 2 aliphatic carbocycles. The minimum Gasteiger partial charge on any atom is -0.0991 e. The van der Waals surface area contributed by atoms with Crippen LogP contribution < -0.4 is 0 Å². The number of hydrogen-bond acceptors (Lipinski definition) is 0. The first kappa shape index (κ1) is 16.0. The van der Waals surface area contributed by atoms with Gasteiger partial charge in [0, 0.05) is 0 Å². The van der Waals surface area contributed by atoms with Crippen molar-refractivity contribution in [2.45, 2.75) is 82.4 Å². The summed E-state index contributed by atoms with van der Waals surface area (Å²) >= 11 is 0. The van der Waals surface area contributed by atoms with Gasteiger partial charge in [-0.25, -0.2) is 0 Å². The summed E-state index contributed by atoms with van der Waals surface area (Å²) in [6.45, 7) is 6.18. The van der Waals surface area contributed by atoms with Crippen LogP contribution in [-0.2, 0) is 0 Å². The van der Waals surface area contributed by atoms with Crippen molar-refractivity contribution < 1.29 is 0 Å². The van der Waals surface area contributed by atoms with Crippen LogP contribution in [0.5, 0.6) is 0 Å². The van der Waals surface area contributed by atoms with E-state index < -0.39 is 0 Å². The second-order valence-corrected chi connectivity index (χ2v) is 9.40. The van der Waals surface area contributed by atoms with E-state index in [9.17, 15) is 0 Å². The highest BCUT2D eigenvalue weighted by molar-refractivity contribution is 7.63. The fraction of sp³-hybridized carbons (Fsp3) is 0.684. The fourth-order valence-corrected chi connectivity index (χ4v) is 7.80. The summed E-state index contributed by atoms with van der Waals surface area (Å²) < 4.78 is 0. The third-order valence-corrected chi connectivity index (χ3v) is 8.50. The van der Waals surface area contributed by atoms with Crippen LogP contribution in [0.2, 0.25) is 0 Å². The van der Waals surface area contributed by atoms with Crippen molar-refractivity contribution >= 4 is 7.92 Å². The molecule has 0 unspecified atom stereocenters. The first-order valence-corrected chi connectivity index (χ1v) is 10.0. The molecule has 0 spiro atoms. The molecule has 0 bridgehead atoms. The monoisotopic (exact) mass is 290 g/mol. The van der Waals surface area contributed by atoms with Crippen LogP contribution in [0, 0.1) is 0 Å². The highest BCUT2D eigenvalue weighted by atomic mass is 31.1. The molecule has 0 N–H and O–H groups in total. The van der Waals surface area contributed by atoms with Crippen molar-refractivity contribution in [1.82, 2.24) is 0 Å². The quantitative estimate of drug-likeness (QED) is 0.386. The molecular formula is C19H31P. The van der Waals surface area contributed by atoms with Gasteiger partial charge in [-0.05, 0) is 49.2 Å². The van der Waals surface area contributed by atoms with Gasteiger partial charge >= 0.3 is 0 Å². The highest BCUT2D eigenvalue weighted by Gasteiger charge is 2.31. The maximum absolute atomic E-state index is 3.77. The summed E-state index contributed by atoms with van der Waals surface area (Å²) in [5.74, 6) is 0. The molecule has 0 amide bonds. The summed E-state index contributed by atoms with van der Waals surface area (Å²) in [6.07, 6.45) is 23.4. The maximum Gasteiger partial charge on any atom is -0.0170 e. The van der Waals surface area contributed by atoms with Crippen molar-refractivity contribution in [2.24, 2.45) is 0 Å². The number of rotatable bonds is 5. The molecule has 0 aromatic carbocycles. The van der Waals surface area contributed by atoms with E-state index >= 15 is 0 Å². The highest BCUT2D eigenvalue weighted by Crippen LogP contribution is 2.60. The van der Waals surface area contributed by atoms with Crippen molar-refractivity contribution in [3.05, 3.63) is 36.2 Å². The molecule has 0 radical (unpaired) electrons. The third-order valence-electron chi connectivity index (χ3n) is 4.93. The normalized spacial score (nSPS) is 23.6. The van der Waals surface area contributed by atoms with Crippen LogP contribution in [0.1, 0.15) is 71.1 Å². The molecular weight excluding hydrogens is 259 g/mol. The molecule has 20 heavy (non-hydrogen) atoms. The van der Waals surface area contributed by atoms with Crippen molar-refractivity contribution in [3.8, 4) is 0 Å². The van der Waals surface area contributed by atoms with E-state index in [1.165, 1.54) is 64.2 Å². The Bertz CT molecular complexity index is 323. The van der Waals surface area contributed by atoms with Gasteiger partial charge in [-0.15, -0.1) is 0 Å².